The molecule has 2 aromatic rings. The standard InChI is InChI=1S/C21H21N3O3/c1-12-9-15-17(10-13(12)2)23-20-21(26,19(15)25)5-7-24(20)14-3-4-16-18(11-14)27-8-6-22-16/h3-4,9-11,22,26H,5-8H2,1-2H3/t21-/m1/s1. The summed E-state index contributed by atoms with van der Waals surface area (Å²) < 4.78 is 5.73. The van der Waals surface area contributed by atoms with Gasteiger partial charge in [0.2, 0.25) is 5.78 Å². The summed E-state index contributed by atoms with van der Waals surface area (Å²) in [4.78, 5) is 19.7. The van der Waals surface area contributed by atoms with Gasteiger partial charge in [-0.1, -0.05) is 0 Å². The molecule has 5 rings (SSSR count). The van der Waals surface area contributed by atoms with Crippen LogP contribution in [0.5, 0.6) is 5.75 Å². The minimum absolute atomic E-state index is 0.260. The minimum Gasteiger partial charge on any atom is -0.490 e. The molecule has 6 nitrogen and oxygen atoms in total. The lowest BCUT2D eigenvalue weighted by Gasteiger charge is -2.30. The summed E-state index contributed by atoms with van der Waals surface area (Å²) in [5.74, 6) is 0.930. The maximum Gasteiger partial charge on any atom is 0.204 e. The summed E-state index contributed by atoms with van der Waals surface area (Å²) >= 11 is 0. The predicted molar refractivity (Wildman–Crippen MR) is 105 cm³/mol. The first-order valence-electron chi connectivity index (χ1n) is 9.23. The Bertz CT molecular complexity index is 1010. The highest BCUT2D eigenvalue weighted by Crippen LogP contribution is 2.41. The zero-order valence-corrected chi connectivity index (χ0v) is 15.4. The van der Waals surface area contributed by atoms with Crippen LogP contribution in [0.15, 0.2) is 35.3 Å². The molecule has 6 heteroatoms. The number of benzene rings is 2. The number of amidine groups is 1. The maximum atomic E-state index is 13.1. The van der Waals surface area contributed by atoms with Gasteiger partial charge in [0.25, 0.3) is 0 Å². The number of hydrogen-bond acceptors (Lipinski definition) is 6. The van der Waals surface area contributed by atoms with E-state index in [2.05, 4.69) is 5.32 Å². The Balaban J connectivity index is 1.62. The topological polar surface area (TPSA) is 74.2 Å². The lowest BCUT2D eigenvalue weighted by atomic mass is 9.86. The molecule has 0 aromatic heterocycles. The van der Waals surface area contributed by atoms with E-state index >= 15 is 0 Å². The maximum absolute atomic E-state index is 13.1. The number of carbonyl (C=O) groups is 1. The molecule has 0 aliphatic carbocycles. The fourth-order valence-electron chi connectivity index (χ4n) is 4.04. The Morgan fingerprint density at radius 1 is 1.22 bits per heavy atom. The fourth-order valence-corrected chi connectivity index (χ4v) is 4.04. The molecule has 0 amide bonds. The number of aliphatic hydroxyl groups is 1. The molecule has 1 saturated heterocycles. The number of anilines is 2. The Hall–Kier alpha value is -2.86. The summed E-state index contributed by atoms with van der Waals surface area (Å²) in [5.41, 5.74) is 3.50. The number of aryl methyl sites for hydroxylation is 2. The van der Waals surface area contributed by atoms with Gasteiger partial charge in [-0.05, 0) is 49.2 Å². The van der Waals surface area contributed by atoms with Gasteiger partial charge in [-0.2, -0.15) is 0 Å². The lowest BCUT2D eigenvalue weighted by Crippen LogP contribution is -2.48. The van der Waals surface area contributed by atoms with Crippen molar-refractivity contribution in [3.63, 3.8) is 0 Å². The highest BCUT2D eigenvalue weighted by Gasteiger charge is 2.52. The quantitative estimate of drug-likeness (QED) is 0.815. The molecule has 1 fully saturated rings. The summed E-state index contributed by atoms with van der Waals surface area (Å²) in [7, 11) is 0. The van der Waals surface area contributed by atoms with Gasteiger partial charge in [-0.25, -0.2) is 4.99 Å². The van der Waals surface area contributed by atoms with Crippen LogP contribution in [-0.4, -0.2) is 42.0 Å². The number of ketones is 1. The van der Waals surface area contributed by atoms with E-state index in [0.29, 0.717) is 36.7 Å². The van der Waals surface area contributed by atoms with Crippen molar-refractivity contribution in [1.29, 1.82) is 0 Å². The number of ether oxygens (including phenoxy) is 1. The number of Topliss-reactive ketones (excluding diaryl/α,β-unsaturated/α-hetero) is 1. The van der Waals surface area contributed by atoms with Crippen LogP contribution in [0, 0.1) is 13.8 Å². The molecule has 27 heavy (non-hydrogen) atoms. The molecule has 2 aromatic carbocycles. The Morgan fingerprint density at radius 3 is 2.89 bits per heavy atom. The molecule has 1 atom stereocenters. The van der Waals surface area contributed by atoms with Crippen LogP contribution in [0.2, 0.25) is 0 Å². The van der Waals surface area contributed by atoms with Crippen LogP contribution in [0.1, 0.15) is 27.9 Å². The zero-order chi connectivity index (χ0) is 18.8. The van der Waals surface area contributed by atoms with Crippen LogP contribution >= 0.6 is 0 Å². The average molecular weight is 363 g/mol. The van der Waals surface area contributed by atoms with Crippen molar-refractivity contribution in [3.8, 4) is 5.75 Å². The number of carbonyl (C=O) groups excluding carboxylic acids is 1. The molecule has 0 saturated carbocycles. The second-order valence-electron chi connectivity index (χ2n) is 7.44. The van der Waals surface area contributed by atoms with E-state index in [0.717, 1.165) is 34.8 Å². The van der Waals surface area contributed by atoms with E-state index in [1.807, 2.05) is 49.1 Å². The normalized spacial score (nSPS) is 23.0. The Labute approximate surface area is 157 Å². The third-order valence-electron chi connectivity index (χ3n) is 5.73. The van der Waals surface area contributed by atoms with Gasteiger partial charge in [0, 0.05) is 36.8 Å². The van der Waals surface area contributed by atoms with Gasteiger partial charge in [-0.3, -0.25) is 4.79 Å². The first-order valence-corrected chi connectivity index (χ1v) is 9.23. The number of fused-ring (bicyclic) bond motifs is 3. The van der Waals surface area contributed by atoms with Gasteiger partial charge in [0.1, 0.15) is 18.2 Å². The van der Waals surface area contributed by atoms with Gasteiger partial charge in [0.05, 0.1) is 11.4 Å². The van der Waals surface area contributed by atoms with Gasteiger partial charge in [-0.15, -0.1) is 0 Å². The van der Waals surface area contributed by atoms with Crippen molar-refractivity contribution in [2.75, 3.05) is 29.9 Å². The van der Waals surface area contributed by atoms with Crippen LogP contribution in [0.25, 0.3) is 0 Å². The molecule has 0 spiro atoms. The second-order valence-corrected chi connectivity index (χ2v) is 7.44. The van der Waals surface area contributed by atoms with Crippen LogP contribution < -0.4 is 15.0 Å². The van der Waals surface area contributed by atoms with Crippen LogP contribution in [-0.2, 0) is 0 Å². The van der Waals surface area contributed by atoms with Crippen LogP contribution in [0.4, 0.5) is 17.1 Å². The smallest absolute Gasteiger partial charge is 0.204 e. The van der Waals surface area contributed by atoms with Gasteiger partial charge >= 0.3 is 0 Å². The van der Waals surface area contributed by atoms with Crippen molar-refractivity contribution in [1.82, 2.24) is 0 Å². The summed E-state index contributed by atoms with van der Waals surface area (Å²) in [5, 5.41) is 14.5. The number of nitrogens with one attached hydrogen (secondary N) is 1. The first kappa shape index (κ1) is 16.3. The van der Waals surface area contributed by atoms with E-state index in [1.165, 1.54) is 0 Å². The summed E-state index contributed by atoms with van der Waals surface area (Å²) in [6.07, 6.45) is 0.327. The Kier molecular flexibility index (Phi) is 3.37. The summed E-state index contributed by atoms with van der Waals surface area (Å²) in [6.45, 7) is 5.90. The number of rotatable bonds is 1. The van der Waals surface area contributed by atoms with Crippen molar-refractivity contribution in [2.24, 2.45) is 4.99 Å². The van der Waals surface area contributed by atoms with Crippen molar-refractivity contribution in [2.45, 2.75) is 25.9 Å². The molecule has 0 unspecified atom stereocenters. The third-order valence-corrected chi connectivity index (χ3v) is 5.73. The van der Waals surface area contributed by atoms with E-state index in [1.54, 1.807) is 0 Å². The number of hydrogen-bond donors (Lipinski definition) is 2. The molecule has 3 aliphatic heterocycles. The zero-order valence-electron chi connectivity index (χ0n) is 15.4. The predicted octanol–water partition coefficient (Wildman–Crippen LogP) is 2.98. The van der Waals surface area contributed by atoms with E-state index in [4.69, 9.17) is 9.73 Å². The molecule has 0 radical (unpaired) electrons. The largest absolute Gasteiger partial charge is 0.490 e. The third kappa shape index (κ3) is 2.29. The first-order chi connectivity index (χ1) is 13.0. The van der Waals surface area contributed by atoms with E-state index in [9.17, 15) is 9.90 Å². The van der Waals surface area contributed by atoms with Crippen molar-refractivity contribution < 1.29 is 14.6 Å². The molecule has 0 bridgehead atoms. The lowest BCUT2D eigenvalue weighted by molar-refractivity contribution is 0.0602. The highest BCUT2D eigenvalue weighted by molar-refractivity contribution is 6.28. The SMILES string of the molecule is Cc1cc2c(cc1C)C(=O)[C@]1(O)CCN(c3ccc4c(c3)OCCN4)C1=N2. The molecular weight excluding hydrogens is 342 g/mol. The molecule has 3 heterocycles. The molecular formula is C21H21N3O3. The van der Waals surface area contributed by atoms with E-state index < -0.39 is 5.60 Å². The second kappa shape index (κ2) is 5.57. The summed E-state index contributed by atoms with van der Waals surface area (Å²) in [6, 6.07) is 9.64. The highest BCUT2D eigenvalue weighted by atomic mass is 16.5. The van der Waals surface area contributed by atoms with Gasteiger partial charge in [0.15, 0.2) is 5.60 Å². The van der Waals surface area contributed by atoms with Gasteiger partial charge < -0.3 is 20.1 Å². The van der Waals surface area contributed by atoms with E-state index in [-0.39, 0.29) is 5.78 Å². The minimum atomic E-state index is -1.57. The van der Waals surface area contributed by atoms with Crippen LogP contribution in [0.3, 0.4) is 0 Å². The Morgan fingerprint density at radius 2 is 2.04 bits per heavy atom. The molecule has 138 valence electrons. The van der Waals surface area contributed by atoms with Crippen molar-refractivity contribution >= 4 is 28.7 Å². The van der Waals surface area contributed by atoms with Crippen molar-refractivity contribution in [3.05, 3.63) is 47.0 Å². The monoisotopic (exact) mass is 363 g/mol. The number of aliphatic imine (C=N–C) groups is 1. The fraction of sp³-hybridized carbons (Fsp3) is 0.333. The molecule has 2 N–H and O–H groups in total. The average Bonchev–Trinajstić information content (AvgIpc) is 3.01. The molecule has 3 aliphatic rings. The number of nitrogens with zero attached hydrogens (tertiary/aromatic N) is 2.